The minimum absolute atomic E-state index is 0.336. The Labute approximate surface area is 114 Å². The van der Waals surface area contributed by atoms with Crippen LogP contribution in [0.4, 0.5) is 5.82 Å². The van der Waals surface area contributed by atoms with E-state index in [9.17, 15) is 0 Å². The van der Waals surface area contributed by atoms with Crippen LogP contribution in [0.3, 0.4) is 0 Å². The molecule has 3 rings (SSSR count). The number of fused-ring (bicyclic) bond motifs is 1. The number of methoxy groups -OCH3 is 1. The summed E-state index contributed by atoms with van der Waals surface area (Å²) in [4.78, 5) is 11.4. The Balaban J connectivity index is 1.87. The SMILES string of the molecule is COC1CCCN(c2ncnc3c2CCNCC3)C1. The molecule has 104 valence electrons. The molecule has 0 amide bonds. The molecule has 0 radical (unpaired) electrons. The number of piperidine rings is 1. The van der Waals surface area contributed by atoms with E-state index in [2.05, 4.69) is 20.2 Å². The lowest BCUT2D eigenvalue weighted by Gasteiger charge is -2.34. The van der Waals surface area contributed by atoms with Gasteiger partial charge in [0.1, 0.15) is 12.1 Å². The van der Waals surface area contributed by atoms with Crippen LogP contribution in [0, 0.1) is 0 Å². The Bertz CT molecular complexity index is 437. The van der Waals surface area contributed by atoms with Crippen molar-refractivity contribution >= 4 is 5.82 Å². The zero-order valence-electron chi connectivity index (χ0n) is 11.6. The summed E-state index contributed by atoms with van der Waals surface area (Å²) in [7, 11) is 1.80. The van der Waals surface area contributed by atoms with E-state index in [1.807, 2.05) is 0 Å². The molecule has 0 aliphatic carbocycles. The first kappa shape index (κ1) is 12.8. The van der Waals surface area contributed by atoms with Crippen LogP contribution in [0.5, 0.6) is 0 Å². The van der Waals surface area contributed by atoms with E-state index in [0.717, 1.165) is 51.3 Å². The standard InChI is InChI=1S/C14H22N4O/c1-19-11-3-2-8-18(9-11)14-12-4-6-15-7-5-13(12)16-10-17-14/h10-11,15H,2-9H2,1H3. The largest absolute Gasteiger partial charge is 0.380 e. The molecule has 2 aliphatic rings. The number of hydrogen-bond acceptors (Lipinski definition) is 5. The minimum Gasteiger partial charge on any atom is -0.380 e. The highest BCUT2D eigenvalue weighted by Crippen LogP contribution is 2.25. The Morgan fingerprint density at radius 2 is 2.21 bits per heavy atom. The van der Waals surface area contributed by atoms with Gasteiger partial charge in [0.15, 0.2) is 0 Å². The number of ether oxygens (including phenoxy) is 1. The smallest absolute Gasteiger partial charge is 0.135 e. The molecular formula is C14H22N4O. The van der Waals surface area contributed by atoms with Crippen LogP contribution in [-0.4, -0.2) is 49.4 Å². The van der Waals surface area contributed by atoms with Crippen molar-refractivity contribution in [2.24, 2.45) is 0 Å². The lowest BCUT2D eigenvalue weighted by Crippen LogP contribution is -2.40. The maximum absolute atomic E-state index is 5.51. The summed E-state index contributed by atoms with van der Waals surface area (Å²) in [6, 6.07) is 0. The summed E-state index contributed by atoms with van der Waals surface area (Å²) < 4.78 is 5.51. The van der Waals surface area contributed by atoms with Crippen molar-refractivity contribution in [3.05, 3.63) is 17.6 Å². The van der Waals surface area contributed by atoms with Crippen molar-refractivity contribution in [2.45, 2.75) is 31.8 Å². The predicted molar refractivity (Wildman–Crippen MR) is 74.6 cm³/mol. The Morgan fingerprint density at radius 1 is 1.32 bits per heavy atom. The topological polar surface area (TPSA) is 50.3 Å². The monoisotopic (exact) mass is 262 g/mol. The van der Waals surface area contributed by atoms with Gasteiger partial charge in [0.2, 0.25) is 0 Å². The van der Waals surface area contributed by atoms with Gasteiger partial charge < -0.3 is 15.0 Å². The van der Waals surface area contributed by atoms with Crippen LogP contribution in [-0.2, 0) is 17.6 Å². The van der Waals surface area contributed by atoms with Gasteiger partial charge in [-0.15, -0.1) is 0 Å². The summed E-state index contributed by atoms with van der Waals surface area (Å²) in [6.45, 7) is 4.07. The molecule has 1 saturated heterocycles. The molecule has 0 bridgehead atoms. The lowest BCUT2D eigenvalue weighted by molar-refractivity contribution is 0.0891. The summed E-state index contributed by atoms with van der Waals surface area (Å²) in [5.74, 6) is 1.13. The first-order chi connectivity index (χ1) is 9.38. The Morgan fingerprint density at radius 3 is 3.11 bits per heavy atom. The zero-order chi connectivity index (χ0) is 13.1. The van der Waals surface area contributed by atoms with Crippen LogP contribution >= 0.6 is 0 Å². The van der Waals surface area contributed by atoms with Gasteiger partial charge in [-0.1, -0.05) is 0 Å². The molecule has 1 atom stereocenters. The highest BCUT2D eigenvalue weighted by molar-refractivity contribution is 5.49. The average molecular weight is 262 g/mol. The van der Waals surface area contributed by atoms with Crippen molar-refractivity contribution in [1.29, 1.82) is 0 Å². The molecule has 1 unspecified atom stereocenters. The summed E-state index contributed by atoms with van der Waals surface area (Å²) in [6.07, 6.45) is 6.42. The van der Waals surface area contributed by atoms with Crippen LogP contribution in [0.2, 0.25) is 0 Å². The second-order valence-corrected chi connectivity index (χ2v) is 5.32. The first-order valence-corrected chi connectivity index (χ1v) is 7.19. The summed E-state index contributed by atoms with van der Waals surface area (Å²) >= 11 is 0. The number of nitrogens with one attached hydrogen (secondary N) is 1. The van der Waals surface area contributed by atoms with Crippen molar-refractivity contribution in [1.82, 2.24) is 15.3 Å². The van der Waals surface area contributed by atoms with Gasteiger partial charge in [-0.3, -0.25) is 0 Å². The predicted octanol–water partition coefficient (Wildman–Crippen LogP) is 0.780. The molecule has 5 heteroatoms. The third kappa shape index (κ3) is 2.72. The van der Waals surface area contributed by atoms with Gasteiger partial charge in [-0.25, -0.2) is 9.97 Å². The van der Waals surface area contributed by atoms with E-state index in [0.29, 0.717) is 6.10 Å². The molecule has 0 aromatic carbocycles. The molecule has 5 nitrogen and oxygen atoms in total. The molecule has 0 saturated carbocycles. The van der Waals surface area contributed by atoms with Crippen LogP contribution in [0.1, 0.15) is 24.1 Å². The fourth-order valence-electron chi connectivity index (χ4n) is 3.05. The molecule has 1 N–H and O–H groups in total. The fraction of sp³-hybridized carbons (Fsp3) is 0.714. The number of anilines is 1. The second kappa shape index (κ2) is 5.84. The van der Waals surface area contributed by atoms with Crippen molar-refractivity contribution in [3.8, 4) is 0 Å². The maximum atomic E-state index is 5.51. The van der Waals surface area contributed by atoms with Crippen molar-refractivity contribution < 1.29 is 4.74 Å². The van der Waals surface area contributed by atoms with E-state index >= 15 is 0 Å². The van der Waals surface area contributed by atoms with Crippen molar-refractivity contribution in [3.63, 3.8) is 0 Å². The van der Waals surface area contributed by atoms with E-state index < -0.39 is 0 Å². The zero-order valence-corrected chi connectivity index (χ0v) is 11.6. The van der Waals surface area contributed by atoms with Gasteiger partial charge in [0.05, 0.1) is 11.8 Å². The van der Waals surface area contributed by atoms with Gasteiger partial charge >= 0.3 is 0 Å². The molecular weight excluding hydrogens is 240 g/mol. The van der Waals surface area contributed by atoms with Crippen LogP contribution in [0.15, 0.2) is 6.33 Å². The lowest BCUT2D eigenvalue weighted by atomic mass is 10.1. The summed E-state index contributed by atoms with van der Waals surface area (Å²) in [5, 5.41) is 3.43. The Kier molecular flexibility index (Phi) is 3.94. The number of nitrogens with zero attached hydrogens (tertiary/aromatic N) is 3. The van der Waals surface area contributed by atoms with E-state index in [1.54, 1.807) is 13.4 Å². The van der Waals surface area contributed by atoms with Gasteiger partial charge in [0, 0.05) is 38.7 Å². The minimum atomic E-state index is 0.336. The average Bonchev–Trinajstić information content (AvgIpc) is 2.72. The maximum Gasteiger partial charge on any atom is 0.135 e. The second-order valence-electron chi connectivity index (χ2n) is 5.32. The highest BCUT2D eigenvalue weighted by atomic mass is 16.5. The van der Waals surface area contributed by atoms with Crippen LogP contribution in [0.25, 0.3) is 0 Å². The third-order valence-corrected chi connectivity index (χ3v) is 4.11. The highest BCUT2D eigenvalue weighted by Gasteiger charge is 2.24. The van der Waals surface area contributed by atoms with Gasteiger partial charge in [-0.2, -0.15) is 0 Å². The Hall–Kier alpha value is -1.20. The molecule has 2 aliphatic heterocycles. The van der Waals surface area contributed by atoms with Crippen LogP contribution < -0.4 is 10.2 Å². The van der Waals surface area contributed by atoms with Gasteiger partial charge in [-0.05, 0) is 25.8 Å². The number of rotatable bonds is 2. The molecule has 1 aromatic heterocycles. The van der Waals surface area contributed by atoms with E-state index in [4.69, 9.17) is 4.74 Å². The molecule has 0 spiro atoms. The molecule has 19 heavy (non-hydrogen) atoms. The number of aromatic nitrogens is 2. The normalized spacial score (nSPS) is 23.8. The number of hydrogen-bond donors (Lipinski definition) is 1. The molecule has 3 heterocycles. The van der Waals surface area contributed by atoms with E-state index in [1.165, 1.54) is 17.7 Å². The molecule has 1 aromatic rings. The molecule has 1 fully saturated rings. The summed E-state index contributed by atoms with van der Waals surface area (Å²) in [5.41, 5.74) is 2.55. The fourth-order valence-corrected chi connectivity index (χ4v) is 3.05. The first-order valence-electron chi connectivity index (χ1n) is 7.19. The quantitative estimate of drug-likeness (QED) is 0.853. The van der Waals surface area contributed by atoms with Gasteiger partial charge in [0.25, 0.3) is 0 Å². The third-order valence-electron chi connectivity index (χ3n) is 4.11. The van der Waals surface area contributed by atoms with Crippen molar-refractivity contribution in [2.75, 3.05) is 38.2 Å². The van der Waals surface area contributed by atoms with E-state index in [-0.39, 0.29) is 0 Å².